The second-order valence-electron chi connectivity index (χ2n) is 4.99. The van der Waals surface area contributed by atoms with Crippen molar-refractivity contribution >= 4 is 35.1 Å². The van der Waals surface area contributed by atoms with Gasteiger partial charge < -0.3 is 15.8 Å². The zero-order valence-electron chi connectivity index (χ0n) is 13.7. The van der Waals surface area contributed by atoms with E-state index in [9.17, 15) is 14.0 Å². The zero-order chi connectivity index (χ0) is 18.4. The summed E-state index contributed by atoms with van der Waals surface area (Å²) in [6.45, 7) is 3.64. The van der Waals surface area contributed by atoms with Gasteiger partial charge in [-0.15, -0.1) is 0 Å². The van der Waals surface area contributed by atoms with E-state index in [-0.39, 0.29) is 34.6 Å². The standard InChI is InChI=1S/C16H17FN4O3S/c1-3-24-15(23)10-7-19-16(21-14(10)18)25-8-13(22)20-12-5-4-9(2)6-11(12)17/h4-7H,3,8H2,1-2H3,(H,20,22)(H2,18,19,21). The minimum Gasteiger partial charge on any atom is -0.462 e. The Labute approximate surface area is 148 Å². The highest BCUT2D eigenvalue weighted by Gasteiger charge is 2.15. The molecular weight excluding hydrogens is 347 g/mol. The number of carbonyl (C=O) groups is 2. The predicted octanol–water partition coefficient (Wildman–Crippen LogP) is 2.41. The minimum absolute atomic E-state index is 0.0269. The van der Waals surface area contributed by atoms with E-state index in [1.54, 1.807) is 19.9 Å². The predicted molar refractivity (Wildman–Crippen MR) is 92.9 cm³/mol. The molecule has 0 saturated heterocycles. The summed E-state index contributed by atoms with van der Waals surface area (Å²) in [4.78, 5) is 31.4. The Balaban J connectivity index is 1.95. The molecule has 0 atom stereocenters. The highest BCUT2D eigenvalue weighted by atomic mass is 32.2. The Bertz CT molecular complexity index is 801. The molecule has 7 nitrogen and oxygen atoms in total. The number of anilines is 2. The maximum absolute atomic E-state index is 13.7. The number of esters is 1. The molecular formula is C16H17FN4O3S. The van der Waals surface area contributed by atoms with Gasteiger partial charge in [-0.3, -0.25) is 4.79 Å². The van der Waals surface area contributed by atoms with Crippen LogP contribution in [0.4, 0.5) is 15.9 Å². The number of hydrogen-bond acceptors (Lipinski definition) is 7. The van der Waals surface area contributed by atoms with Crippen molar-refractivity contribution in [2.24, 2.45) is 0 Å². The first kappa shape index (κ1) is 18.7. The molecule has 0 radical (unpaired) electrons. The van der Waals surface area contributed by atoms with E-state index in [1.807, 2.05) is 0 Å². The van der Waals surface area contributed by atoms with E-state index in [0.717, 1.165) is 17.3 Å². The maximum atomic E-state index is 13.7. The first-order valence-electron chi connectivity index (χ1n) is 7.39. The molecule has 0 aliphatic rings. The van der Waals surface area contributed by atoms with Gasteiger partial charge in [0.05, 0.1) is 18.0 Å². The molecule has 1 amide bonds. The van der Waals surface area contributed by atoms with Gasteiger partial charge in [0.2, 0.25) is 5.91 Å². The van der Waals surface area contributed by atoms with Crippen LogP contribution in [-0.4, -0.2) is 34.2 Å². The molecule has 2 aromatic rings. The van der Waals surface area contributed by atoms with Crippen LogP contribution >= 0.6 is 11.8 Å². The lowest BCUT2D eigenvalue weighted by Gasteiger charge is -2.07. The molecule has 1 aromatic carbocycles. The van der Waals surface area contributed by atoms with Crippen molar-refractivity contribution in [3.63, 3.8) is 0 Å². The summed E-state index contributed by atoms with van der Waals surface area (Å²) in [5, 5.41) is 2.70. The molecule has 0 aliphatic carbocycles. The van der Waals surface area contributed by atoms with Gasteiger partial charge >= 0.3 is 5.97 Å². The van der Waals surface area contributed by atoms with Crippen molar-refractivity contribution in [1.29, 1.82) is 0 Å². The van der Waals surface area contributed by atoms with Gasteiger partial charge in [-0.25, -0.2) is 19.2 Å². The molecule has 3 N–H and O–H groups in total. The van der Waals surface area contributed by atoms with Crippen molar-refractivity contribution in [1.82, 2.24) is 9.97 Å². The third-order valence-electron chi connectivity index (χ3n) is 3.02. The number of thioether (sulfide) groups is 1. The van der Waals surface area contributed by atoms with Gasteiger partial charge in [-0.05, 0) is 31.5 Å². The fourth-order valence-corrected chi connectivity index (χ4v) is 2.47. The number of hydrogen-bond donors (Lipinski definition) is 2. The zero-order valence-corrected chi connectivity index (χ0v) is 14.5. The SMILES string of the molecule is CCOC(=O)c1cnc(SCC(=O)Nc2ccc(C)cc2F)nc1N. The molecule has 0 unspecified atom stereocenters. The Morgan fingerprint density at radius 2 is 2.16 bits per heavy atom. The average molecular weight is 364 g/mol. The molecule has 0 bridgehead atoms. The summed E-state index contributed by atoms with van der Waals surface area (Å²) in [7, 11) is 0. The van der Waals surface area contributed by atoms with Crippen LogP contribution < -0.4 is 11.1 Å². The molecule has 0 aliphatic heterocycles. The van der Waals surface area contributed by atoms with E-state index in [4.69, 9.17) is 10.5 Å². The third kappa shape index (κ3) is 5.15. The Morgan fingerprint density at radius 1 is 1.40 bits per heavy atom. The van der Waals surface area contributed by atoms with E-state index >= 15 is 0 Å². The van der Waals surface area contributed by atoms with Crippen molar-refractivity contribution in [3.05, 3.63) is 41.3 Å². The quantitative estimate of drug-likeness (QED) is 0.460. The number of halogens is 1. The second-order valence-corrected chi connectivity index (χ2v) is 5.93. The van der Waals surface area contributed by atoms with Crippen molar-refractivity contribution in [2.75, 3.05) is 23.4 Å². The monoisotopic (exact) mass is 364 g/mol. The first-order valence-corrected chi connectivity index (χ1v) is 8.37. The number of ether oxygens (including phenoxy) is 1. The highest BCUT2D eigenvalue weighted by molar-refractivity contribution is 7.99. The van der Waals surface area contributed by atoms with Gasteiger partial charge in [0, 0.05) is 6.20 Å². The molecule has 1 aromatic heterocycles. The van der Waals surface area contributed by atoms with Crippen LogP contribution in [0.1, 0.15) is 22.8 Å². The van der Waals surface area contributed by atoms with Crippen molar-refractivity contribution in [3.8, 4) is 0 Å². The molecule has 0 saturated carbocycles. The number of aryl methyl sites for hydroxylation is 1. The molecule has 2 rings (SSSR count). The summed E-state index contributed by atoms with van der Waals surface area (Å²) >= 11 is 1.02. The second kappa shape index (κ2) is 8.43. The lowest BCUT2D eigenvalue weighted by Crippen LogP contribution is -2.16. The van der Waals surface area contributed by atoms with Gasteiger partial charge in [-0.1, -0.05) is 17.8 Å². The number of rotatable bonds is 6. The van der Waals surface area contributed by atoms with Crippen molar-refractivity contribution < 1.29 is 18.7 Å². The number of aromatic nitrogens is 2. The van der Waals surface area contributed by atoms with E-state index in [0.29, 0.717) is 0 Å². The average Bonchev–Trinajstić information content (AvgIpc) is 2.56. The van der Waals surface area contributed by atoms with Crippen LogP contribution in [0.2, 0.25) is 0 Å². The van der Waals surface area contributed by atoms with Gasteiger partial charge in [0.25, 0.3) is 0 Å². The van der Waals surface area contributed by atoms with Crippen LogP contribution in [-0.2, 0) is 9.53 Å². The number of nitrogen functional groups attached to an aromatic ring is 1. The topological polar surface area (TPSA) is 107 Å². The summed E-state index contributed by atoms with van der Waals surface area (Å²) in [5.41, 5.74) is 6.63. The van der Waals surface area contributed by atoms with Crippen LogP contribution in [0.3, 0.4) is 0 Å². The summed E-state index contributed by atoms with van der Waals surface area (Å²) in [5.74, 6) is -1.59. The first-order chi connectivity index (χ1) is 11.9. The molecule has 1 heterocycles. The molecule has 9 heteroatoms. The third-order valence-corrected chi connectivity index (χ3v) is 3.88. The van der Waals surface area contributed by atoms with Gasteiger partial charge in [-0.2, -0.15) is 0 Å². The minimum atomic E-state index is -0.607. The summed E-state index contributed by atoms with van der Waals surface area (Å²) in [6, 6.07) is 4.53. The van der Waals surface area contributed by atoms with Crippen LogP contribution in [0.25, 0.3) is 0 Å². The number of nitrogens with one attached hydrogen (secondary N) is 1. The number of benzene rings is 1. The maximum Gasteiger partial charge on any atom is 0.343 e. The fourth-order valence-electron chi connectivity index (χ4n) is 1.85. The smallest absolute Gasteiger partial charge is 0.343 e. The molecule has 0 fully saturated rings. The normalized spacial score (nSPS) is 10.4. The summed E-state index contributed by atoms with van der Waals surface area (Å²) in [6.07, 6.45) is 1.25. The number of nitrogens with two attached hydrogens (primary N) is 1. The Hall–Kier alpha value is -2.68. The van der Waals surface area contributed by atoms with Crippen molar-refractivity contribution in [2.45, 2.75) is 19.0 Å². The van der Waals surface area contributed by atoms with Gasteiger partial charge in [0.15, 0.2) is 5.16 Å². The molecule has 0 spiro atoms. The largest absolute Gasteiger partial charge is 0.462 e. The number of amides is 1. The van der Waals surface area contributed by atoms with E-state index in [1.165, 1.54) is 18.3 Å². The number of nitrogens with zero attached hydrogens (tertiary/aromatic N) is 2. The highest BCUT2D eigenvalue weighted by Crippen LogP contribution is 2.19. The van der Waals surface area contributed by atoms with Gasteiger partial charge in [0.1, 0.15) is 17.2 Å². The van der Waals surface area contributed by atoms with Crippen LogP contribution in [0.15, 0.2) is 29.6 Å². The Kier molecular flexibility index (Phi) is 6.29. The molecule has 25 heavy (non-hydrogen) atoms. The molecule has 132 valence electrons. The fraction of sp³-hybridized carbons (Fsp3) is 0.250. The lowest BCUT2D eigenvalue weighted by atomic mass is 10.2. The van der Waals surface area contributed by atoms with E-state index in [2.05, 4.69) is 15.3 Å². The summed E-state index contributed by atoms with van der Waals surface area (Å²) < 4.78 is 18.5. The Morgan fingerprint density at radius 3 is 2.80 bits per heavy atom. The number of carbonyl (C=O) groups excluding carboxylic acids is 2. The van der Waals surface area contributed by atoms with E-state index < -0.39 is 17.7 Å². The lowest BCUT2D eigenvalue weighted by molar-refractivity contribution is -0.113. The van der Waals surface area contributed by atoms with Crippen LogP contribution in [0.5, 0.6) is 0 Å². The van der Waals surface area contributed by atoms with Crippen LogP contribution in [0, 0.1) is 12.7 Å².